The third-order valence-corrected chi connectivity index (χ3v) is 5.03. The van der Waals surface area contributed by atoms with E-state index >= 15 is 0 Å². The fraction of sp³-hybridized carbons (Fsp3) is 0.400. The molecule has 1 aromatic heterocycles. The molecule has 28 heavy (non-hydrogen) atoms. The molecule has 0 aliphatic carbocycles. The lowest BCUT2D eigenvalue weighted by molar-refractivity contribution is -0.137. The fourth-order valence-electron chi connectivity index (χ4n) is 3.18. The average Bonchev–Trinajstić information content (AvgIpc) is 2.95. The molecule has 150 valence electrons. The zero-order valence-electron chi connectivity index (χ0n) is 15.9. The van der Waals surface area contributed by atoms with Gasteiger partial charge in [-0.25, -0.2) is 4.79 Å². The Kier molecular flexibility index (Phi) is 5.49. The van der Waals surface area contributed by atoms with E-state index in [1.165, 1.54) is 6.07 Å². The van der Waals surface area contributed by atoms with Gasteiger partial charge in [0.05, 0.1) is 5.56 Å². The number of nitrogens with one attached hydrogen (secondary N) is 1. The number of aryl methyl sites for hydroxylation is 1. The van der Waals surface area contributed by atoms with Gasteiger partial charge in [0.2, 0.25) is 0 Å². The van der Waals surface area contributed by atoms with E-state index in [-0.39, 0.29) is 11.9 Å². The minimum absolute atomic E-state index is 0.0363. The Bertz CT molecular complexity index is 902. The third kappa shape index (κ3) is 4.37. The van der Waals surface area contributed by atoms with Gasteiger partial charge in [0.25, 0.3) is 0 Å². The van der Waals surface area contributed by atoms with Crippen molar-refractivity contribution in [1.82, 2.24) is 10.1 Å². The summed E-state index contributed by atoms with van der Waals surface area (Å²) in [5.74, 6) is 1.09. The molecule has 0 radical (unpaired) electrons. The van der Waals surface area contributed by atoms with Crippen LogP contribution in [0.2, 0.25) is 0 Å². The number of amides is 2. The van der Waals surface area contributed by atoms with Crippen LogP contribution in [-0.2, 0) is 6.18 Å². The van der Waals surface area contributed by atoms with Gasteiger partial charge in [-0.3, -0.25) is 5.32 Å². The predicted molar refractivity (Wildman–Crippen MR) is 99.8 cm³/mol. The summed E-state index contributed by atoms with van der Waals surface area (Å²) in [5, 5.41) is 6.58. The summed E-state index contributed by atoms with van der Waals surface area (Å²) in [7, 11) is 0. The number of rotatable bonds is 2. The highest BCUT2D eigenvalue weighted by molar-refractivity contribution is 5.89. The number of likely N-dealkylation sites (tertiary alicyclic amines) is 1. The van der Waals surface area contributed by atoms with Crippen molar-refractivity contribution in [2.45, 2.75) is 33.4 Å². The normalized spacial score (nSPS) is 19.1. The molecule has 2 amide bonds. The molecule has 1 atom stereocenters. The van der Waals surface area contributed by atoms with Crippen LogP contribution in [0.1, 0.15) is 35.8 Å². The lowest BCUT2D eigenvalue weighted by atomic mass is 9.91. The van der Waals surface area contributed by atoms with Crippen molar-refractivity contribution < 1.29 is 22.5 Å². The van der Waals surface area contributed by atoms with Crippen molar-refractivity contribution in [3.05, 3.63) is 52.3 Å². The number of benzene rings is 1. The van der Waals surface area contributed by atoms with Gasteiger partial charge < -0.3 is 9.42 Å². The topological polar surface area (TPSA) is 58.4 Å². The SMILES string of the molecule is Cc1onc(NC(=O)N2CC/C(=C\c3cccc(C(F)(F)F)c3)C(C)C2)c1C. The molecule has 1 aliphatic heterocycles. The summed E-state index contributed by atoms with van der Waals surface area (Å²) in [6, 6.07) is 5.01. The predicted octanol–water partition coefficient (Wildman–Crippen LogP) is 5.27. The van der Waals surface area contributed by atoms with Crippen LogP contribution in [0.15, 0.2) is 34.4 Å². The standard InChI is InChI=1S/C20H22F3N3O2/c1-12-11-26(19(27)24-18-13(2)14(3)28-25-18)8-7-16(12)9-15-5-4-6-17(10-15)20(21,22)23/h4-6,9-10,12H,7-8,11H2,1-3H3,(H,24,25,27)/b16-9+. The Morgan fingerprint density at radius 3 is 2.71 bits per heavy atom. The molecular weight excluding hydrogens is 371 g/mol. The number of aromatic nitrogens is 1. The molecule has 0 bridgehead atoms. The first-order valence-corrected chi connectivity index (χ1v) is 9.01. The summed E-state index contributed by atoms with van der Waals surface area (Å²) in [6.45, 7) is 6.51. The van der Waals surface area contributed by atoms with Gasteiger partial charge in [-0.05, 0) is 43.9 Å². The molecule has 2 aromatic rings. The molecule has 2 heterocycles. The minimum Gasteiger partial charge on any atom is -0.359 e. The monoisotopic (exact) mass is 393 g/mol. The van der Waals surface area contributed by atoms with E-state index < -0.39 is 11.7 Å². The number of alkyl halides is 3. The smallest absolute Gasteiger partial charge is 0.359 e. The molecule has 3 rings (SSSR count). The molecule has 0 saturated carbocycles. The molecule has 1 aromatic carbocycles. The van der Waals surface area contributed by atoms with Crippen molar-refractivity contribution in [3.8, 4) is 0 Å². The second-order valence-electron chi connectivity index (χ2n) is 7.08. The average molecular weight is 393 g/mol. The van der Waals surface area contributed by atoms with Gasteiger partial charge in [0, 0.05) is 18.7 Å². The number of piperidine rings is 1. The first-order chi connectivity index (χ1) is 13.1. The third-order valence-electron chi connectivity index (χ3n) is 5.03. The van der Waals surface area contributed by atoms with E-state index in [9.17, 15) is 18.0 Å². The van der Waals surface area contributed by atoms with E-state index in [0.717, 1.165) is 23.3 Å². The number of carbonyl (C=O) groups is 1. The molecule has 1 saturated heterocycles. The molecule has 8 heteroatoms. The molecule has 1 N–H and O–H groups in total. The Morgan fingerprint density at radius 1 is 1.36 bits per heavy atom. The van der Waals surface area contributed by atoms with Gasteiger partial charge in [-0.15, -0.1) is 0 Å². The van der Waals surface area contributed by atoms with E-state index in [4.69, 9.17) is 4.52 Å². The fourth-order valence-corrected chi connectivity index (χ4v) is 3.18. The number of hydrogen-bond acceptors (Lipinski definition) is 3. The van der Waals surface area contributed by atoms with Crippen molar-refractivity contribution in [3.63, 3.8) is 0 Å². The van der Waals surface area contributed by atoms with Gasteiger partial charge in [-0.2, -0.15) is 13.2 Å². The zero-order valence-corrected chi connectivity index (χ0v) is 15.9. The van der Waals surface area contributed by atoms with Crippen LogP contribution < -0.4 is 5.32 Å². The minimum atomic E-state index is -4.36. The second kappa shape index (κ2) is 7.69. The maximum Gasteiger partial charge on any atom is 0.416 e. The molecular formula is C20H22F3N3O2. The highest BCUT2D eigenvalue weighted by Crippen LogP contribution is 2.31. The van der Waals surface area contributed by atoms with Crippen LogP contribution in [0.25, 0.3) is 6.08 Å². The van der Waals surface area contributed by atoms with Gasteiger partial charge >= 0.3 is 12.2 Å². The summed E-state index contributed by atoms with van der Waals surface area (Å²) in [6.07, 6.45) is -1.97. The Balaban J connectivity index is 1.67. The van der Waals surface area contributed by atoms with Crippen LogP contribution in [-0.4, -0.2) is 29.2 Å². The van der Waals surface area contributed by atoms with Crippen LogP contribution in [0.5, 0.6) is 0 Å². The van der Waals surface area contributed by atoms with Crippen molar-refractivity contribution >= 4 is 17.9 Å². The Hall–Kier alpha value is -2.77. The van der Waals surface area contributed by atoms with Crippen LogP contribution in [0.4, 0.5) is 23.8 Å². The second-order valence-corrected chi connectivity index (χ2v) is 7.08. The number of carbonyl (C=O) groups excluding carboxylic acids is 1. The molecule has 1 fully saturated rings. The summed E-state index contributed by atoms with van der Waals surface area (Å²) in [5.41, 5.74) is 1.66. The Morgan fingerprint density at radius 2 is 2.11 bits per heavy atom. The highest BCUT2D eigenvalue weighted by atomic mass is 19.4. The maximum atomic E-state index is 12.9. The number of anilines is 1. The molecule has 1 aliphatic rings. The summed E-state index contributed by atoms with van der Waals surface area (Å²) < 4.78 is 43.7. The van der Waals surface area contributed by atoms with E-state index in [1.54, 1.807) is 24.0 Å². The van der Waals surface area contributed by atoms with Crippen molar-refractivity contribution in [2.75, 3.05) is 18.4 Å². The highest BCUT2D eigenvalue weighted by Gasteiger charge is 2.30. The lowest BCUT2D eigenvalue weighted by Crippen LogP contribution is -2.42. The molecule has 0 spiro atoms. The van der Waals surface area contributed by atoms with Crippen LogP contribution in [0, 0.1) is 19.8 Å². The molecule has 1 unspecified atom stereocenters. The zero-order chi connectivity index (χ0) is 20.5. The quantitative estimate of drug-likeness (QED) is 0.756. The number of urea groups is 1. The number of nitrogens with zero attached hydrogens (tertiary/aromatic N) is 2. The summed E-state index contributed by atoms with van der Waals surface area (Å²) in [4.78, 5) is 14.2. The Labute approximate surface area is 161 Å². The first-order valence-electron chi connectivity index (χ1n) is 9.01. The lowest BCUT2D eigenvalue weighted by Gasteiger charge is -2.33. The van der Waals surface area contributed by atoms with Crippen LogP contribution >= 0.6 is 0 Å². The van der Waals surface area contributed by atoms with Gasteiger partial charge in [0.15, 0.2) is 5.82 Å². The molecule has 5 nitrogen and oxygen atoms in total. The van der Waals surface area contributed by atoms with E-state index in [0.29, 0.717) is 36.7 Å². The van der Waals surface area contributed by atoms with E-state index in [1.807, 2.05) is 13.8 Å². The summed E-state index contributed by atoms with van der Waals surface area (Å²) >= 11 is 0. The van der Waals surface area contributed by atoms with E-state index in [2.05, 4.69) is 10.5 Å². The van der Waals surface area contributed by atoms with Crippen molar-refractivity contribution in [2.24, 2.45) is 5.92 Å². The number of hydrogen-bond donors (Lipinski definition) is 1. The van der Waals surface area contributed by atoms with Crippen LogP contribution in [0.3, 0.4) is 0 Å². The van der Waals surface area contributed by atoms with Gasteiger partial charge in [0.1, 0.15) is 5.76 Å². The largest absolute Gasteiger partial charge is 0.416 e. The maximum absolute atomic E-state index is 12.9. The number of halogens is 3. The first kappa shape index (κ1) is 20.0. The van der Waals surface area contributed by atoms with Crippen molar-refractivity contribution in [1.29, 1.82) is 0 Å². The van der Waals surface area contributed by atoms with Gasteiger partial charge in [-0.1, -0.05) is 35.9 Å².